The van der Waals surface area contributed by atoms with Crippen LogP contribution in [-0.2, 0) is 10.8 Å². The fraction of sp³-hybridized carbons (Fsp3) is 0.0508. The second kappa shape index (κ2) is 28.7. The van der Waals surface area contributed by atoms with E-state index in [1.54, 1.807) is 0 Å². The summed E-state index contributed by atoms with van der Waals surface area (Å²) in [5.41, 5.74) is 38.8. The Bertz CT molecular complexity index is 7470. The molecule has 0 amide bonds. The van der Waals surface area contributed by atoms with Gasteiger partial charge in [0.2, 0.25) is 0 Å². The highest BCUT2D eigenvalue weighted by molar-refractivity contribution is 6.10. The van der Waals surface area contributed by atoms with E-state index in [9.17, 15) is 0 Å². The summed E-state index contributed by atoms with van der Waals surface area (Å²) >= 11 is 0. The van der Waals surface area contributed by atoms with Crippen molar-refractivity contribution in [2.24, 2.45) is 0 Å². The van der Waals surface area contributed by atoms with Crippen LogP contribution in [0.5, 0.6) is 0 Å². The number of nitrogens with zero attached hydrogens (tertiary/aromatic N) is 4. The average Bonchev–Trinajstić information content (AvgIpc) is 1.50. The average molecular weight is 1560 g/mol. The zero-order chi connectivity index (χ0) is 81.3. The van der Waals surface area contributed by atoms with Crippen molar-refractivity contribution in [3.8, 4) is 44.5 Å². The Kier molecular flexibility index (Phi) is 16.9. The molecule has 20 aromatic carbocycles. The van der Waals surface area contributed by atoms with E-state index in [1.165, 1.54) is 154 Å². The van der Waals surface area contributed by atoms with Crippen LogP contribution >= 0.6 is 0 Å². The summed E-state index contributed by atoms with van der Waals surface area (Å²) in [4.78, 5) is 9.50. The van der Waals surface area contributed by atoms with Crippen molar-refractivity contribution in [1.82, 2.24) is 0 Å². The van der Waals surface area contributed by atoms with E-state index in [2.05, 4.69) is 484 Å². The smallest absolute Gasteiger partial charge is 0.0731 e. The highest BCUT2D eigenvalue weighted by Crippen LogP contribution is 2.67. The highest BCUT2D eigenvalue weighted by Gasteiger charge is 2.54. The molecule has 0 aromatic heterocycles. The lowest BCUT2D eigenvalue weighted by atomic mass is 9.69. The van der Waals surface area contributed by atoms with Crippen molar-refractivity contribution in [2.45, 2.75) is 38.5 Å². The summed E-state index contributed by atoms with van der Waals surface area (Å²) < 4.78 is 0. The molecule has 0 atom stereocenters. The predicted molar refractivity (Wildman–Crippen MR) is 513 cm³/mol. The van der Waals surface area contributed by atoms with Crippen LogP contribution in [0.25, 0.3) is 87.6 Å². The van der Waals surface area contributed by atoms with Gasteiger partial charge >= 0.3 is 0 Å². The number of para-hydroxylation sites is 4. The summed E-state index contributed by atoms with van der Waals surface area (Å²) in [6, 6.07) is 162. The van der Waals surface area contributed by atoms with E-state index >= 15 is 0 Å². The van der Waals surface area contributed by atoms with Crippen LogP contribution in [-0.4, -0.2) is 0 Å². The first-order valence-corrected chi connectivity index (χ1v) is 42.5. The van der Waals surface area contributed by atoms with E-state index in [-0.39, 0.29) is 0 Å². The third kappa shape index (κ3) is 11.4. The molecule has 0 radical (unpaired) electrons. The monoisotopic (exact) mass is 1560 g/mol. The molecule has 0 bridgehead atoms. The molecule has 0 fully saturated rings. The summed E-state index contributed by atoms with van der Waals surface area (Å²) in [5, 5.41) is 9.91. The molecule has 4 aliphatic carbocycles. The molecule has 0 saturated heterocycles. The molecule has 24 rings (SSSR count). The molecular formula is C118H84N4. The van der Waals surface area contributed by atoms with E-state index in [4.69, 9.17) is 0 Å². The number of hydrogen-bond acceptors (Lipinski definition) is 4. The lowest BCUT2D eigenvalue weighted by molar-refractivity contribution is 0.802. The van der Waals surface area contributed by atoms with Gasteiger partial charge in [-0.1, -0.05) is 278 Å². The maximum Gasteiger partial charge on any atom is 0.0731 e. The topological polar surface area (TPSA) is 13.0 Å². The summed E-state index contributed by atoms with van der Waals surface area (Å²) in [7, 11) is 0. The van der Waals surface area contributed by atoms with E-state index in [0.29, 0.717) is 0 Å². The Morgan fingerprint density at radius 2 is 0.410 bits per heavy atom. The molecule has 0 aliphatic heterocycles. The molecule has 0 unspecified atom stereocenters. The fourth-order valence-electron chi connectivity index (χ4n) is 21.0. The highest BCUT2D eigenvalue weighted by atomic mass is 15.2. The maximum absolute atomic E-state index is 2.52. The zero-order valence-corrected chi connectivity index (χ0v) is 68.4. The van der Waals surface area contributed by atoms with Crippen molar-refractivity contribution in [1.29, 1.82) is 0 Å². The van der Waals surface area contributed by atoms with Gasteiger partial charge in [0, 0.05) is 68.2 Å². The Morgan fingerprint density at radius 3 is 0.746 bits per heavy atom. The quantitative estimate of drug-likeness (QED) is 0.121. The second-order valence-corrected chi connectivity index (χ2v) is 33.4. The van der Waals surface area contributed by atoms with Crippen LogP contribution in [0.4, 0.5) is 68.2 Å². The first kappa shape index (κ1) is 71.9. The first-order chi connectivity index (χ1) is 60.1. The Hall–Kier alpha value is -15.4. The fourth-order valence-corrected chi connectivity index (χ4v) is 21.0. The molecule has 122 heavy (non-hydrogen) atoms. The van der Waals surface area contributed by atoms with Gasteiger partial charge in [0.05, 0.1) is 10.8 Å². The number of hydrogen-bond donors (Lipinski definition) is 0. The summed E-state index contributed by atoms with van der Waals surface area (Å²) in [6.07, 6.45) is 0. The Morgan fingerprint density at radius 1 is 0.148 bits per heavy atom. The van der Waals surface area contributed by atoms with Gasteiger partial charge in [0.15, 0.2) is 0 Å². The van der Waals surface area contributed by atoms with Crippen molar-refractivity contribution in [2.75, 3.05) is 19.6 Å². The molecule has 4 nitrogen and oxygen atoms in total. The van der Waals surface area contributed by atoms with Crippen LogP contribution in [0, 0.1) is 27.7 Å². The lowest BCUT2D eigenvalue weighted by Crippen LogP contribution is -2.26. The largest absolute Gasteiger partial charge is 0.310 e. The SMILES string of the molecule is Cc1ccc(N(c2ccccc2)c2ccc3cc4c(cc3c2)C2(c3ccccc3-c3ccccc32)c2c-4ccc3cc(N(c4ccccc4)c4ccc(C)cc4)ccc23)cc1.Cc1cccc(N(c2ccccc2)c2ccc3cc4c(cc3c2)C2(c3ccccc3-c3ccccc32)c2c-4ccc3cc(N(c4ccccc4)c4cccc(C)c4)ccc23)c1. The first-order valence-electron chi connectivity index (χ1n) is 42.5. The zero-order valence-electron chi connectivity index (χ0n) is 68.4. The van der Waals surface area contributed by atoms with Gasteiger partial charge in [-0.2, -0.15) is 0 Å². The van der Waals surface area contributed by atoms with Gasteiger partial charge in [-0.25, -0.2) is 0 Å². The van der Waals surface area contributed by atoms with Gasteiger partial charge in [-0.3, -0.25) is 0 Å². The molecule has 20 aromatic rings. The van der Waals surface area contributed by atoms with Crippen molar-refractivity contribution in [3.63, 3.8) is 0 Å². The van der Waals surface area contributed by atoms with Gasteiger partial charge in [0.1, 0.15) is 0 Å². The normalized spacial score (nSPS) is 12.9. The molecule has 0 saturated carbocycles. The minimum Gasteiger partial charge on any atom is -0.310 e. The second-order valence-electron chi connectivity index (χ2n) is 33.4. The van der Waals surface area contributed by atoms with Gasteiger partial charge in [-0.05, 0) is 341 Å². The standard InChI is InChI=1S/2C59H42N2/c1-39-15-13-21-46(33-39)60(44-17-5-3-6-18-44)48-29-27-41-37-54-53-31-28-42-35-49(61(45-19-7-4-8-20-45)47-22-14-16-40(2)34-47)30-32-50(42)58(53)59(57(54)38-43(41)36-48)55-25-11-9-23-51(55)52-24-10-12-26-56(52)59;1-39-21-27-46(28-22-39)60(44-13-5-3-6-14-44)48-31-25-41-37-54-53-33-26-42-35-49(61(45-15-7-4-8-16-45)47-29-23-40(2)24-30-47)32-34-50(42)58(53)59(57(54)38-43(41)36-48)55-19-11-9-17-51(55)52-18-10-12-20-56(52)59/h2*3-38H,1-2H3. The Balaban J connectivity index is 0.000000142. The molecule has 2 spiro atoms. The predicted octanol–water partition coefficient (Wildman–Crippen LogP) is 31.8. The summed E-state index contributed by atoms with van der Waals surface area (Å²) in [5.74, 6) is 0. The third-order valence-electron chi connectivity index (χ3n) is 26.2. The minimum atomic E-state index is -0.506. The van der Waals surface area contributed by atoms with Crippen LogP contribution in [0.2, 0.25) is 0 Å². The van der Waals surface area contributed by atoms with Crippen molar-refractivity contribution in [3.05, 3.63) is 504 Å². The number of aryl methyl sites for hydroxylation is 4. The minimum absolute atomic E-state index is 0.505. The van der Waals surface area contributed by atoms with E-state index < -0.39 is 10.8 Å². The van der Waals surface area contributed by atoms with E-state index in [1.807, 2.05) is 0 Å². The number of fused-ring (bicyclic) bond motifs is 26. The number of rotatable bonds is 12. The van der Waals surface area contributed by atoms with Gasteiger partial charge < -0.3 is 19.6 Å². The van der Waals surface area contributed by atoms with Crippen LogP contribution in [0.1, 0.15) is 66.8 Å². The molecule has 0 N–H and O–H groups in total. The van der Waals surface area contributed by atoms with E-state index in [0.717, 1.165) is 68.2 Å². The van der Waals surface area contributed by atoms with Crippen molar-refractivity contribution < 1.29 is 0 Å². The van der Waals surface area contributed by atoms with Crippen LogP contribution in [0.3, 0.4) is 0 Å². The van der Waals surface area contributed by atoms with Gasteiger partial charge in [-0.15, -0.1) is 0 Å². The molecule has 4 heteroatoms. The Labute approximate surface area is 712 Å². The molecule has 0 heterocycles. The molecule has 576 valence electrons. The maximum atomic E-state index is 2.52. The molecular weight excluding hydrogens is 1470 g/mol. The van der Waals surface area contributed by atoms with Crippen molar-refractivity contribution >= 4 is 111 Å². The molecule has 4 aliphatic rings. The van der Waals surface area contributed by atoms with Crippen LogP contribution in [0.15, 0.2) is 437 Å². The van der Waals surface area contributed by atoms with Gasteiger partial charge in [0.25, 0.3) is 0 Å². The number of benzene rings is 20. The summed E-state index contributed by atoms with van der Waals surface area (Å²) in [6.45, 7) is 8.62. The van der Waals surface area contributed by atoms with Crippen LogP contribution < -0.4 is 19.6 Å². The number of anilines is 12. The lowest BCUT2D eigenvalue weighted by Gasteiger charge is -2.32. The third-order valence-corrected chi connectivity index (χ3v) is 26.2.